The maximum absolute atomic E-state index is 12.1. The number of aromatic nitrogens is 1. The van der Waals surface area contributed by atoms with E-state index in [1.165, 1.54) is 18.3 Å². The van der Waals surface area contributed by atoms with Gasteiger partial charge in [-0.15, -0.1) is 0 Å². The number of anilines is 1. The van der Waals surface area contributed by atoms with Crippen LogP contribution in [0.4, 0.5) is 11.4 Å². The van der Waals surface area contributed by atoms with Gasteiger partial charge < -0.3 is 10.6 Å². The SMILES string of the molecule is CNc1cnccc1C(=O)NCc1cccc([N+](=O)[O-])c1. The van der Waals surface area contributed by atoms with Gasteiger partial charge in [-0.05, 0) is 11.6 Å². The standard InChI is InChI=1S/C14H14N4O3/c1-15-13-9-16-6-5-12(13)14(19)17-8-10-3-2-4-11(7-10)18(20)21/h2-7,9,15H,8H2,1H3,(H,17,19). The summed E-state index contributed by atoms with van der Waals surface area (Å²) in [6.07, 6.45) is 3.09. The van der Waals surface area contributed by atoms with Crippen molar-refractivity contribution in [1.82, 2.24) is 10.3 Å². The summed E-state index contributed by atoms with van der Waals surface area (Å²) in [5, 5.41) is 16.3. The molecule has 2 N–H and O–H groups in total. The van der Waals surface area contributed by atoms with E-state index in [1.54, 1.807) is 31.4 Å². The summed E-state index contributed by atoms with van der Waals surface area (Å²) in [5.41, 5.74) is 1.76. The van der Waals surface area contributed by atoms with E-state index in [0.717, 1.165) is 0 Å². The van der Waals surface area contributed by atoms with E-state index >= 15 is 0 Å². The van der Waals surface area contributed by atoms with Crippen molar-refractivity contribution in [3.63, 3.8) is 0 Å². The predicted molar refractivity (Wildman–Crippen MR) is 78.1 cm³/mol. The number of nitro groups is 1. The smallest absolute Gasteiger partial charge is 0.269 e. The van der Waals surface area contributed by atoms with Crippen LogP contribution in [0.3, 0.4) is 0 Å². The molecular formula is C14H14N4O3. The topological polar surface area (TPSA) is 97.2 Å². The van der Waals surface area contributed by atoms with Crippen LogP contribution in [0.2, 0.25) is 0 Å². The Hall–Kier alpha value is -2.96. The van der Waals surface area contributed by atoms with Crippen molar-refractivity contribution in [2.75, 3.05) is 12.4 Å². The highest BCUT2D eigenvalue weighted by molar-refractivity contribution is 5.99. The molecule has 1 amide bonds. The Bertz CT molecular complexity index is 673. The summed E-state index contributed by atoms with van der Waals surface area (Å²) in [4.78, 5) is 26.3. The van der Waals surface area contributed by atoms with Crippen molar-refractivity contribution >= 4 is 17.3 Å². The quantitative estimate of drug-likeness (QED) is 0.647. The molecule has 0 unspecified atom stereocenters. The number of carbonyl (C=O) groups is 1. The number of benzene rings is 1. The van der Waals surface area contributed by atoms with Crippen molar-refractivity contribution in [2.24, 2.45) is 0 Å². The maximum Gasteiger partial charge on any atom is 0.269 e. The van der Waals surface area contributed by atoms with Gasteiger partial charge in [-0.1, -0.05) is 12.1 Å². The van der Waals surface area contributed by atoms with Gasteiger partial charge in [0.25, 0.3) is 11.6 Å². The van der Waals surface area contributed by atoms with Crippen LogP contribution in [-0.2, 0) is 6.54 Å². The number of nitro benzene ring substituents is 1. The van der Waals surface area contributed by atoms with Crippen LogP contribution >= 0.6 is 0 Å². The molecule has 0 aliphatic heterocycles. The summed E-state index contributed by atoms with van der Waals surface area (Å²) in [5.74, 6) is -0.270. The Morgan fingerprint density at radius 2 is 2.19 bits per heavy atom. The number of nitrogens with one attached hydrogen (secondary N) is 2. The molecule has 0 bridgehead atoms. The minimum absolute atomic E-state index is 0.00146. The molecule has 0 saturated heterocycles. The third kappa shape index (κ3) is 3.53. The molecule has 0 spiro atoms. The Labute approximate surface area is 121 Å². The molecule has 1 aromatic heterocycles. The number of non-ortho nitro benzene ring substituents is 1. The van der Waals surface area contributed by atoms with Gasteiger partial charge in [0.2, 0.25) is 0 Å². The second-order valence-electron chi connectivity index (χ2n) is 4.28. The number of hydrogen-bond donors (Lipinski definition) is 2. The third-order valence-electron chi connectivity index (χ3n) is 2.91. The number of hydrogen-bond acceptors (Lipinski definition) is 5. The fourth-order valence-electron chi connectivity index (χ4n) is 1.85. The van der Waals surface area contributed by atoms with E-state index < -0.39 is 4.92 Å². The monoisotopic (exact) mass is 286 g/mol. The average molecular weight is 286 g/mol. The molecule has 0 saturated carbocycles. The fourth-order valence-corrected chi connectivity index (χ4v) is 1.85. The fraction of sp³-hybridized carbons (Fsp3) is 0.143. The molecule has 2 rings (SSSR count). The van der Waals surface area contributed by atoms with Gasteiger partial charge in [0.05, 0.1) is 22.4 Å². The van der Waals surface area contributed by atoms with Crippen LogP contribution in [0.5, 0.6) is 0 Å². The molecular weight excluding hydrogens is 272 g/mol. The summed E-state index contributed by atoms with van der Waals surface area (Å²) in [6, 6.07) is 7.76. The molecule has 0 radical (unpaired) electrons. The number of amides is 1. The van der Waals surface area contributed by atoms with Crippen LogP contribution in [0, 0.1) is 10.1 Å². The Kier molecular flexibility index (Phi) is 4.45. The Balaban J connectivity index is 2.07. The lowest BCUT2D eigenvalue weighted by Gasteiger charge is -2.09. The number of carbonyl (C=O) groups excluding carboxylic acids is 1. The zero-order valence-corrected chi connectivity index (χ0v) is 11.4. The Morgan fingerprint density at radius 1 is 1.38 bits per heavy atom. The van der Waals surface area contributed by atoms with E-state index in [4.69, 9.17) is 0 Å². The third-order valence-corrected chi connectivity index (χ3v) is 2.91. The summed E-state index contributed by atoms with van der Waals surface area (Å²) < 4.78 is 0. The zero-order valence-electron chi connectivity index (χ0n) is 11.4. The lowest BCUT2D eigenvalue weighted by molar-refractivity contribution is -0.384. The minimum atomic E-state index is -0.465. The molecule has 21 heavy (non-hydrogen) atoms. The van der Waals surface area contributed by atoms with E-state index in [9.17, 15) is 14.9 Å². The average Bonchev–Trinajstić information content (AvgIpc) is 2.52. The van der Waals surface area contributed by atoms with Crippen LogP contribution in [0.15, 0.2) is 42.7 Å². The summed E-state index contributed by atoms with van der Waals surface area (Å²) in [7, 11) is 1.70. The first kappa shape index (κ1) is 14.4. The highest BCUT2D eigenvalue weighted by atomic mass is 16.6. The van der Waals surface area contributed by atoms with Crippen molar-refractivity contribution < 1.29 is 9.72 Å². The highest BCUT2D eigenvalue weighted by Crippen LogP contribution is 2.14. The van der Waals surface area contributed by atoms with Crippen molar-refractivity contribution in [3.05, 3.63) is 64.0 Å². The van der Waals surface area contributed by atoms with Gasteiger partial charge in [-0.2, -0.15) is 0 Å². The molecule has 108 valence electrons. The van der Waals surface area contributed by atoms with Crippen LogP contribution in [0.25, 0.3) is 0 Å². The zero-order chi connectivity index (χ0) is 15.2. The molecule has 0 aliphatic rings. The Morgan fingerprint density at radius 3 is 2.90 bits per heavy atom. The van der Waals surface area contributed by atoms with E-state index in [0.29, 0.717) is 16.8 Å². The predicted octanol–water partition coefficient (Wildman–Crippen LogP) is 1.96. The van der Waals surface area contributed by atoms with Gasteiger partial charge in [-0.25, -0.2) is 0 Å². The molecule has 0 fully saturated rings. The van der Waals surface area contributed by atoms with Crippen molar-refractivity contribution in [3.8, 4) is 0 Å². The number of rotatable bonds is 5. The van der Waals surface area contributed by atoms with Crippen LogP contribution < -0.4 is 10.6 Å². The van der Waals surface area contributed by atoms with Gasteiger partial charge in [-0.3, -0.25) is 19.9 Å². The number of pyridine rings is 1. The van der Waals surface area contributed by atoms with Gasteiger partial charge >= 0.3 is 0 Å². The molecule has 2 aromatic rings. The molecule has 1 heterocycles. The molecule has 7 heteroatoms. The molecule has 0 aliphatic carbocycles. The van der Waals surface area contributed by atoms with Crippen molar-refractivity contribution in [2.45, 2.75) is 6.54 Å². The first-order valence-corrected chi connectivity index (χ1v) is 6.25. The lowest BCUT2D eigenvalue weighted by atomic mass is 10.2. The second-order valence-corrected chi connectivity index (χ2v) is 4.28. The van der Waals surface area contributed by atoms with E-state index in [-0.39, 0.29) is 18.1 Å². The van der Waals surface area contributed by atoms with Crippen molar-refractivity contribution in [1.29, 1.82) is 0 Å². The first-order valence-electron chi connectivity index (χ1n) is 6.25. The normalized spacial score (nSPS) is 9.95. The van der Waals surface area contributed by atoms with Gasteiger partial charge in [0.15, 0.2) is 0 Å². The first-order chi connectivity index (χ1) is 10.1. The van der Waals surface area contributed by atoms with Gasteiger partial charge in [0.1, 0.15) is 0 Å². The van der Waals surface area contributed by atoms with E-state index in [2.05, 4.69) is 15.6 Å². The molecule has 7 nitrogen and oxygen atoms in total. The summed E-state index contributed by atoms with van der Waals surface area (Å²) in [6.45, 7) is 0.214. The highest BCUT2D eigenvalue weighted by Gasteiger charge is 2.11. The lowest BCUT2D eigenvalue weighted by Crippen LogP contribution is -2.23. The maximum atomic E-state index is 12.1. The van der Waals surface area contributed by atoms with Crippen LogP contribution in [0.1, 0.15) is 15.9 Å². The second kappa shape index (κ2) is 6.47. The molecule has 1 aromatic carbocycles. The number of nitrogens with zero attached hydrogens (tertiary/aromatic N) is 2. The van der Waals surface area contributed by atoms with Gasteiger partial charge in [0, 0.05) is 31.9 Å². The van der Waals surface area contributed by atoms with E-state index in [1.807, 2.05) is 0 Å². The molecule has 0 atom stereocenters. The van der Waals surface area contributed by atoms with Crippen LogP contribution in [-0.4, -0.2) is 22.9 Å². The largest absolute Gasteiger partial charge is 0.386 e. The summed E-state index contributed by atoms with van der Waals surface area (Å²) >= 11 is 0. The minimum Gasteiger partial charge on any atom is -0.386 e.